The Kier molecular flexibility index (Phi) is 6.76. The van der Waals surface area contributed by atoms with E-state index in [1.807, 2.05) is 7.05 Å². The zero-order valence-corrected chi connectivity index (χ0v) is 8.18. The van der Waals surface area contributed by atoms with Crippen LogP contribution < -0.4 is 5.73 Å². The van der Waals surface area contributed by atoms with Crippen LogP contribution in [-0.4, -0.2) is 30.9 Å². The molecule has 0 aromatic heterocycles. The fourth-order valence-electron chi connectivity index (χ4n) is 1.04. The maximum atomic E-state index is 11.2. The highest BCUT2D eigenvalue weighted by Crippen LogP contribution is 1.97. The molecule has 0 unspecified atom stereocenters. The van der Waals surface area contributed by atoms with Crippen LogP contribution in [0.3, 0.4) is 0 Å². The van der Waals surface area contributed by atoms with Gasteiger partial charge in [-0.1, -0.05) is 19.8 Å². The second-order valence-corrected chi connectivity index (χ2v) is 3.06. The van der Waals surface area contributed by atoms with Crippen molar-refractivity contribution in [1.29, 1.82) is 0 Å². The van der Waals surface area contributed by atoms with Gasteiger partial charge in [0.1, 0.15) is 0 Å². The Labute approximate surface area is 74.9 Å². The maximum absolute atomic E-state index is 11.2. The molecule has 3 heteroatoms. The van der Waals surface area contributed by atoms with E-state index < -0.39 is 0 Å². The maximum Gasteiger partial charge on any atom is 0.223 e. The molecule has 0 rings (SSSR count). The molecule has 1 amide bonds. The van der Waals surface area contributed by atoms with Gasteiger partial charge < -0.3 is 10.6 Å². The summed E-state index contributed by atoms with van der Waals surface area (Å²) in [5, 5.41) is 0. The third kappa shape index (κ3) is 5.13. The van der Waals surface area contributed by atoms with E-state index in [1.54, 1.807) is 4.90 Å². The van der Waals surface area contributed by atoms with Gasteiger partial charge in [0.05, 0.1) is 0 Å². The Bertz CT molecular complexity index is 126. The summed E-state index contributed by atoms with van der Waals surface area (Å²) in [5.74, 6) is 0.161. The van der Waals surface area contributed by atoms with Crippen LogP contribution >= 0.6 is 0 Å². The van der Waals surface area contributed by atoms with Crippen molar-refractivity contribution in [2.24, 2.45) is 5.73 Å². The van der Waals surface area contributed by atoms with Gasteiger partial charge in [-0.3, -0.25) is 4.79 Å². The van der Waals surface area contributed by atoms with E-state index in [0.29, 0.717) is 13.0 Å². The number of amides is 1. The Hall–Kier alpha value is -0.570. The first-order chi connectivity index (χ1) is 5.72. The number of nitrogens with zero attached hydrogens (tertiary/aromatic N) is 1. The van der Waals surface area contributed by atoms with Crippen molar-refractivity contribution in [3.63, 3.8) is 0 Å². The first-order valence-corrected chi connectivity index (χ1v) is 4.66. The van der Waals surface area contributed by atoms with Crippen molar-refractivity contribution in [1.82, 2.24) is 4.90 Å². The van der Waals surface area contributed by atoms with E-state index in [4.69, 9.17) is 5.73 Å². The molecule has 0 heterocycles. The highest BCUT2D eigenvalue weighted by atomic mass is 16.2. The molecule has 12 heavy (non-hydrogen) atoms. The Balaban J connectivity index is 3.42. The molecule has 0 atom stereocenters. The Morgan fingerprint density at radius 1 is 1.42 bits per heavy atom. The SMILES string of the molecule is CCCCCN(C)C(=O)CCN. The smallest absolute Gasteiger partial charge is 0.223 e. The minimum Gasteiger partial charge on any atom is -0.346 e. The summed E-state index contributed by atoms with van der Waals surface area (Å²) in [6.45, 7) is 3.48. The molecule has 72 valence electrons. The number of carbonyl (C=O) groups is 1. The zero-order chi connectivity index (χ0) is 9.40. The molecule has 0 aromatic carbocycles. The van der Waals surface area contributed by atoms with Crippen molar-refractivity contribution < 1.29 is 4.79 Å². The molecule has 0 aliphatic rings. The molecule has 0 spiro atoms. The van der Waals surface area contributed by atoms with Gasteiger partial charge in [-0.05, 0) is 6.42 Å². The fraction of sp³-hybridized carbons (Fsp3) is 0.889. The molecule has 0 aliphatic carbocycles. The molecule has 0 saturated heterocycles. The van der Waals surface area contributed by atoms with E-state index in [2.05, 4.69) is 6.92 Å². The standard InChI is InChI=1S/C9H20N2O/c1-3-4-5-8-11(2)9(12)6-7-10/h3-8,10H2,1-2H3. The lowest BCUT2D eigenvalue weighted by atomic mass is 10.2. The van der Waals surface area contributed by atoms with Crippen LogP contribution in [-0.2, 0) is 4.79 Å². The van der Waals surface area contributed by atoms with Crippen molar-refractivity contribution >= 4 is 5.91 Å². The molecule has 0 saturated carbocycles. The summed E-state index contributed by atoms with van der Waals surface area (Å²) in [6.07, 6.45) is 3.96. The van der Waals surface area contributed by atoms with Crippen LogP contribution in [0.15, 0.2) is 0 Å². The number of hydrogen-bond donors (Lipinski definition) is 1. The lowest BCUT2D eigenvalue weighted by Gasteiger charge is -2.16. The summed E-state index contributed by atoms with van der Waals surface area (Å²) in [6, 6.07) is 0. The Morgan fingerprint density at radius 3 is 2.58 bits per heavy atom. The highest BCUT2D eigenvalue weighted by Gasteiger charge is 2.05. The fourth-order valence-corrected chi connectivity index (χ4v) is 1.04. The van der Waals surface area contributed by atoms with Crippen LogP contribution in [0.1, 0.15) is 32.6 Å². The second-order valence-electron chi connectivity index (χ2n) is 3.06. The van der Waals surface area contributed by atoms with Crippen molar-refractivity contribution in [3.05, 3.63) is 0 Å². The predicted octanol–water partition coefficient (Wildman–Crippen LogP) is 0.984. The Morgan fingerprint density at radius 2 is 2.08 bits per heavy atom. The average Bonchev–Trinajstić information content (AvgIpc) is 2.05. The minimum absolute atomic E-state index is 0.161. The lowest BCUT2D eigenvalue weighted by molar-refractivity contribution is -0.129. The highest BCUT2D eigenvalue weighted by molar-refractivity contribution is 5.75. The van der Waals surface area contributed by atoms with Gasteiger partial charge in [0, 0.05) is 26.6 Å². The van der Waals surface area contributed by atoms with Crippen molar-refractivity contribution in [2.45, 2.75) is 32.6 Å². The van der Waals surface area contributed by atoms with Crippen LogP contribution in [0.5, 0.6) is 0 Å². The molecule has 2 N–H and O–H groups in total. The minimum atomic E-state index is 0.161. The largest absolute Gasteiger partial charge is 0.346 e. The van der Waals surface area contributed by atoms with E-state index >= 15 is 0 Å². The van der Waals surface area contributed by atoms with Crippen LogP contribution in [0.4, 0.5) is 0 Å². The summed E-state index contributed by atoms with van der Waals surface area (Å²) in [7, 11) is 1.84. The molecule has 0 fully saturated rings. The predicted molar refractivity (Wildman–Crippen MR) is 50.8 cm³/mol. The van der Waals surface area contributed by atoms with E-state index in [0.717, 1.165) is 13.0 Å². The van der Waals surface area contributed by atoms with Gasteiger partial charge in [0.25, 0.3) is 0 Å². The normalized spacial score (nSPS) is 9.92. The van der Waals surface area contributed by atoms with Crippen molar-refractivity contribution in [3.8, 4) is 0 Å². The van der Waals surface area contributed by atoms with Crippen LogP contribution in [0.2, 0.25) is 0 Å². The van der Waals surface area contributed by atoms with Gasteiger partial charge in [-0.25, -0.2) is 0 Å². The number of rotatable bonds is 6. The van der Waals surface area contributed by atoms with Gasteiger partial charge in [-0.2, -0.15) is 0 Å². The molecule has 3 nitrogen and oxygen atoms in total. The summed E-state index contributed by atoms with van der Waals surface area (Å²) < 4.78 is 0. The molecule has 0 aliphatic heterocycles. The van der Waals surface area contributed by atoms with Gasteiger partial charge in [0.15, 0.2) is 0 Å². The average molecular weight is 172 g/mol. The molecule has 0 radical (unpaired) electrons. The first-order valence-electron chi connectivity index (χ1n) is 4.66. The van der Waals surface area contributed by atoms with Gasteiger partial charge in [-0.15, -0.1) is 0 Å². The lowest BCUT2D eigenvalue weighted by Crippen LogP contribution is -2.29. The zero-order valence-electron chi connectivity index (χ0n) is 8.18. The van der Waals surface area contributed by atoms with Crippen LogP contribution in [0, 0.1) is 0 Å². The summed E-state index contributed by atoms with van der Waals surface area (Å²) in [4.78, 5) is 12.9. The van der Waals surface area contributed by atoms with Crippen LogP contribution in [0.25, 0.3) is 0 Å². The third-order valence-corrected chi connectivity index (χ3v) is 1.88. The van der Waals surface area contributed by atoms with E-state index in [9.17, 15) is 4.79 Å². The molecule has 0 bridgehead atoms. The molecular formula is C9H20N2O. The monoisotopic (exact) mass is 172 g/mol. The van der Waals surface area contributed by atoms with Gasteiger partial charge >= 0.3 is 0 Å². The molecule has 0 aromatic rings. The number of nitrogens with two attached hydrogens (primary N) is 1. The van der Waals surface area contributed by atoms with Gasteiger partial charge in [0.2, 0.25) is 5.91 Å². The van der Waals surface area contributed by atoms with E-state index in [-0.39, 0.29) is 5.91 Å². The topological polar surface area (TPSA) is 46.3 Å². The summed E-state index contributed by atoms with van der Waals surface area (Å²) >= 11 is 0. The van der Waals surface area contributed by atoms with Crippen molar-refractivity contribution in [2.75, 3.05) is 20.1 Å². The summed E-state index contributed by atoms with van der Waals surface area (Å²) in [5.41, 5.74) is 5.27. The number of carbonyl (C=O) groups excluding carboxylic acids is 1. The quantitative estimate of drug-likeness (QED) is 0.607. The second kappa shape index (κ2) is 7.10. The first kappa shape index (κ1) is 11.4. The van der Waals surface area contributed by atoms with E-state index in [1.165, 1.54) is 12.8 Å². The number of hydrogen-bond acceptors (Lipinski definition) is 2. The molecular weight excluding hydrogens is 152 g/mol. The number of unbranched alkanes of at least 4 members (excludes halogenated alkanes) is 2. The third-order valence-electron chi connectivity index (χ3n) is 1.88.